The summed E-state index contributed by atoms with van der Waals surface area (Å²) in [6.07, 6.45) is 0.601. The van der Waals surface area contributed by atoms with Gasteiger partial charge in [-0.05, 0) is 65.9 Å². The first-order valence-electron chi connectivity index (χ1n) is 18.0. The normalized spacial score (nSPS) is 11.6. The monoisotopic (exact) mass is 741 g/mol. The van der Waals surface area contributed by atoms with Crippen molar-refractivity contribution in [1.82, 2.24) is 4.57 Å². The van der Waals surface area contributed by atoms with Gasteiger partial charge in [0.25, 0.3) is 0 Å². The topological polar surface area (TPSA) is 107 Å². The van der Waals surface area contributed by atoms with Gasteiger partial charge in [-0.3, -0.25) is 0 Å². The minimum atomic E-state index is -0.510. The number of fused-ring (bicyclic) bond motifs is 3. The largest absolute Gasteiger partial charge is 0.504 e. The minimum absolute atomic E-state index is 0.0604. The summed E-state index contributed by atoms with van der Waals surface area (Å²) in [4.78, 5) is 14.4. The van der Waals surface area contributed by atoms with Crippen molar-refractivity contribution in [2.45, 2.75) is 33.1 Å². The Morgan fingerprint density at radius 3 is 1.82 bits per heavy atom. The molecular weight excluding hydrogens is 698 g/mol. The van der Waals surface area contributed by atoms with Crippen LogP contribution in [0.5, 0.6) is 40.2 Å². The van der Waals surface area contributed by atoms with Crippen LogP contribution in [0, 0.1) is 0 Å². The molecule has 282 valence electrons. The average Bonchev–Trinajstić information content (AvgIpc) is 3.57. The molecule has 7 rings (SSSR count). The van der Waals surface area contributed by atoms with Gasteiger partial charge in [-0.1, -0.05) is 66.7 Å². The molecule has 2 heterocycles. The number of aromatic hydroxyl groups is 1. The molecule has 55 heavy (non-hydrogen) atoms. The van der Waals surface area contributed by atoms with E-state index >= 15 is 0 Å². The number of hydrogen-bond donors (Lipinski definition) is 1. The summed E-state index contributed by atoms with van der Waals surface area (Å²) in [5.41, 5.74) is 7.25. The molecule has 0 saturated carbocycles. The smallest absolute Gasteiger partial charge is 0.355 e. The molecule has 0 unspecified atom stereocenters. The second-order valence-corrected chi connectivity index (χ2v) is 12.9. The number of nitrogens with zero attached hydrogens (tertiary/aromatic N) is 1. The van der Waals surface area contributed by atoms with Gasteiger partial charge in [0.05, 0.1) is 40.7 Å². The Bertz CT molecular complexity index is 2320. The van der Waals surface area contributed by atoms with E-state index in [1.165, 1.54) is 7.11 Å². The van der Waals surface area contributed by atoms with E-state index < -0.39 is 5.97 Å². The first-order valence-corrected chi connectivity index (χ1v) is 18.0. The van der Waals surface area contributed by atoms with Gasteiger partial charge in [0, 0.05) is 34.9 Å². The average molecular weight is 742 g/mol. The summed E-state index contributed by atoms with van der Waals surface area (Å²) in [6, 6.07) is 32.5. The van der Waals surface area contributed by atoms with Gasteiger partial charge in [-0.25, -0.2) is 4.79 Å². The van der Waals surface area contributed by atoms with Gasteiger partial charge < -0.3 is 42.8 Å². The Morgan fingerprint density at radius 1 is 0.636 bits per heavy atom. The highest BCUT2D eigenvalue weighted by Gasteiger charge is 2.36. The van der Waals surface area contributed by atoms with Gasteiger partial charge in [0.1, 0.15) is 24.7 Å². The van der Waals surface area contributed by atoms with Crippen LogP contribution in [0.25, 0.3) is 33.5 Å². The third-order valence-corrected chi connectivity index (χ3v) is 9.68. The van der Waals surface area contributed by atoms with E-state index in [-0.39, 0.29) is 19.0 Å². The van der Waals surface area contributed by atoms with Crippen LogP contribution in [0.2, 0.25) is 0 Å². The Morgan fingerprint density at radius 2 is 1.22 bits per heavy atom. The summed E-state index contributed by atoms with van der Waals surface area (Å²) in [7, 11) is 6.28. The molecule has 1 N–H and O–H groups in total. The molecule has 0 radical (unpaired) electrons. The molecule has 0 atom stereocenters. The molecule has 0 spiro atoms. The number of benzene rings is 5. The number of ether oxygens (including phenoxy) is 7. The standard InChI is InChI=1S/C45H43NO9/c1-6-53-45(48)44-42(33-24-39(52-5)40(55-27-29-15-11-8-12-16-29)25-36(33)54-26-28-13-9-7-10-14-28)41(31-17-18-35(49-2)34(47)21-31)43-32-23-38(51-4)37(50-3)22-30(32)19-20-46(43)44/h7-18,21-25,47H,6,19-20,26-27H2,1-5H3. The molecule has 0 saturated heterocycles. The van der Waals surface area contributed by atoms with E-state index in [1.807, 2.05) is 95.6 Å². The molecule has 1 aliphatic rings. The van der Waals surface area contributed by atoms with Crippen molar-refractivity contribution in [1.29, 1.82) is 0 Å². The van der Waals surface area contributed by atoms with Crippen LogP contribution in [0.15, 0.2) is 103 Å². The van der Waals surface area contributed by atoms with E-state index in [1.54, 1.807) is 40.4 Å². The maximum Gasteiger partial charge on any atom is 0.355 e. The first-order chi connectivity index (χ1) is 26.9. The number of aromatic nitrogens is 1. The van der Waals surface area contributed by atoms with Crippen LogP contribution >= 0.6 is 0 Å². The third-order valence-electron chi connectivity index (χ3n) is 9.68. The van der Waals surface area contributed by atoms with E-state index in [2.05, 4.69) is 0 Å². The number of aryl methyl sites for hydroxylation is 1. The Labute approximate surface area is 320 Å². The van der Waals surface area contributed by atoms with Crippen LogP contribution in [-0.4, -0.2) is 50.7 Å². The quantitative estimate of drug-likeness (QED) is 0.109. The van der Waals surface area contributed by atoms with Gasteiger partial charge in [0.15, 0.2) is 34.5 Å². The molecule has 0 bridgehead atoms. The zero-order valence-electron chi connectivity index (χ0n) is 31.5. The fourth-order valence-electron chi connectivity index (χ4n) is 7.10. The molecule has 0 fully saturated rings. The SMILES string of the molecule is CCOC(=O)c1c(-c2cc(OC)c(OCc3ccccc3)cc2OCc2ccccc2)c(-c2ccc(OC)c(O)c2)c2n1CCc1cc(OC)c(OC)cc1-2. The second-order valence-electron chi connectivity index (χ2n) is 12.9. The highest BCUT2D eigenvalue weighted by atomic mass is 16.5. The molecule has 1 aromatic heterocycles. The lowest BCUT2D eigenvalue weighted by Gasteiger charge is -2.24. The fourth-order valence-corrected chi connectivity index (χ4v) is 7.10. The number of phenolic OH excluding ortho intramolecular Hbond substituents is 1. The van der Waals surface area contributed by atoms with Crippen LogP contribution in [-0.2, 0) is 30.9 Å². The van der Waals surface area contributed by atoms with E-state index in [4.69, 9.17) is 33.2 Å². The van der Waals surface area contributed by atoms with Crippen LogP contribution < -0.4 is 28.4 Å². The van der Waals surface area contributed by atoms with Gasteiger partial charge in [-0.15, -0.1) is 0 Å². The first kappa shape index (κ1) is 36.8. The molecule has 0 amide bonds. The summed E-state index contributed by atoms with van der Waals surface area (Å²) >= 11 is 0. The van der Waals surface area contributed by atoms with Crippen molar-refractivity contribution in [2.75, 3.05) is 35.0 Å². The zero-order valence-corrected chi connectivity index (χ0v) is 31.5. The number of hydrogen-bond acceptors (Lipinski definition) is 9. The van der Waals surface area contributed by atoms with E-state index in [9.17, 15) is 9.90 Å². The highest BCUT2D eigenvalue weighted by Crippen LogP contribution is 2.53. The van der Waals surface area contributed by atoms with Crippen molar-refractivity contribution in [2.24, 2.45) is 0 Å². The van der Waals surface area contributed by atoms with Crippen molar-refractivity contribution in [3.05, 3.63) is 126 Å². The molecule has 10 nitrogen and oxygen atoms in total. The van der Waals surface area contributed by atoms with E-state index in [0.29, 0.717) is 82.0 Å². The van der Waals surface area contributed by atoms with Gasteiger partial charge in [0.2, 0.25) is 0 Å². The molecule has 10 heteroatoms. The second kappa shape index (κ2) is 16.2. The lowest BCUT2D eigenvalue weighted by atomic mass is 9.89. The lowest BCUT2D eigenvalue weighted by Crippen LogP contribution is -2.18. The summed E-state index contributed by atoms with van der Waals surface area (Å²) in [5, 5.41) is 11.2. The molecule has 0 aliphatic carbocycles. The number of phenols is 1. The summed E-state index contributed by atoms with van der Waals surface area (Å²) < 4.78 is 43.7. The zero-order chi connectivity index (χ0) is 38.5. The van der Waals surface area contributed by atoms with Crippen molar-refractivity contribution < 1.29 is 43.1 Å². The number of esters is 1. The third kappa shape index (κ3) is 7.23. The summed E-state index contributed by atoms with van der Waals surface area (Å²) in [5.74, 6) is 2.23. The summed E-state index contributed by atoms with van der Waals surface area (Å²) in [6.45, 7) is 2.92. The maximum absolute atomic E-state index is 14.4. The predicted octanol–water partition coefficient (Wildman–Crippen LogP) is 9.12. The van der Waals surface area contributed by atoms with E-state index in [0.717, 1.165) is 27.9 Å². The number of carbonyl (C=O) groups excluding carboxylic acids is 1. The van der Waals surface area contributed by atoms with Crippen molar-refractivity contribution in [3.8, 4) is 73.8 Å². The van der Waals surface area contributed by atoms with Crippen LogP contribution in [0.1, 0.15) is 34.1 Å². The van der Waals surface area contributed by atoms with Crippen molar-refractivity contribution in [3.63, 3.8) is 0 Å². The molecular formula is C45H43NO9. The Kier molecular flexibility index (Phi) is 10.8. The van der Waals surface area contributed by atoms with Crippen LogP contribution in [0.4, 0.5) is 0 Å². The predicted molar refractivity (Wildman–Crippen MR) is 210 cm³/mol. The molecule has 6 aromatic rings. The number of carbonyl (C=O) groups is 1. The molecule has 5 aromatic carbocycles. The fraction of sp³-hybridized carbons (Fsp3) is 0.222. The number of rotatable bonds is 14. The molecule has 1 aliphatic heterocycles. The Hall–Kier alpha value is -6.55. The Balaban J connectivity index is 1.54. The van der Waals surface area contributed by atoms with Crippen LogP contribution in [0.3, 0.4) is 0 Å². The lowest BCUT2D eigenvalue weighted by molar-refractivity contribution is 0.0514. The highest BCUT2D eigenvalue weighted by molar-refractivity contribution is 6.08. The maximum atomic E-state index is 14.4. The minimum Gasteiger partial charge on any atom is -0.504 e. The van der Waals surface area contributed by atoms with Gasteiger partial charge >= 0.3 is 5.97 Å². The van der Waals surface area contributed by atoms with Gasteiger partial charge in [-0.2, -0.15) is 0 Å². The van der Waals surface area contributed by atoms with Crippen molar-refractivity contribution >= 4 is 5.97 Å². The number of methoxy groups -OCH3 is 4.